The second kappa shape index (κ2) is 14.8. The first-order chi connectivity index (χ1) is 23.9. The Labute approximate surface area is 296 Å². The number of rotatable bonds is 12. The van der Waals surface area contributed by atoms with Crippen LogP contribution >= 0.6 is 0 Å². The molecule has 0 radical (unpaired) electrons. The van der Waals surface area contributed by atoms with Crippen LogP contribution in [0.2, 0.25) is 18.1 Å². The van der Waals surface area contributed by atoms with Crippen molar-refractivity contribution in [3.8, 4) is 16.9 Å². The minimum atomic E-state index is -1.82. The van der Waals surface area contributed by atoms with Crippen LogP contribution in [-0.2, 0) is 24.1 Å². The van der Waals surface area contributed by atoms with Crippen molar-refractivity contribution in [2.75, 3.05) is 12.4 Å². The van der Waals surface area contributed by atoms with Gasteiger partial charge in [0.15, 0.2) is 19.8 Å². The van der Waals surface area contributed by atoms with Gasteiger partial charge in [0.2, 0.25) is 0 Å². The molecule has 6 rings (SSSR count). The molecule has 5 aromatic rings. The third-order valence-electron chi connectivity index (χ3n) is 10.3. The number of aryl methyl sites for hydroxylation is 1. The van der Waals surface area contributed by atoms with Gasteiger partial charge in [0, 0.05) is 37.6 Å². The zero-order valence-electron chi connectivity index (χ0n) is 30.5. The highest BCUT2D eigenvalue weighted by atomic mass is 28.4. The zero-order valence-corrected chi connectivity index (χ0v) is 31.5. The highest BCUT2D eigenvalue weighted by Gasteiger charge is 2.40. The standard InChI is InChI=1S/C39H51N7O3Si/c1-8-45-26-30(24-42-45)38(47)41-23-27-9-13-29(14-10-27)34-21-22-40-37-35(34)36(44-46(37)25-28-11-17-32(48-5)18-12-28)43-31-15-19-33(20-16-31)49-50(6,7)39(2,3)4/h9-14,17-18,21-22,24,26,31,33H,8,15-16,19-20,23,25H2,1-7H3,(H,41,47)(H,43,44)/t31-,33-. The van der Waals surface area contributed by atoms with Gasteiger partial charge < -0.3 is 19.8 Å². The molecule has 1 aliphatic rings. The maximum Gasteiger partial charge on any atom is 0.254 e. The maximum absolute atomic E-state index is 12.7. The van der Waals surface area contributed by atoms with Crippen LogP contribution in [0.4, 0.5) is 5.82 Å². The summed E-state index contributed by atoms with van der Waals surface area (Å²) in [5.74, 6) is 1.55. The molecule has 1 amide bonds. The van der Waals surface area contributed by atoms with Crippen molar-refractivity contribution in [1.82, 2.24) is 29.9 Å². The molecule has 0 atom stereocenters. The molecule has 1 fully saturated rings. The number of hydrogen-bond donors (Lipinski definition) is 2. The summed E-state index contributed by atoms with van der Waals surface area (Å²) in [6.45, 7) is 15.3. The monoisotopic (exact) mass is 693 g/mol. The van der Waals surface area contributed by atoms with Crippen LogP contribution in [0.3, 0.4) is 0 Å². The fourth-order valence-corrected chi connectivity index (χ4v) is 7.73. The van der Waals surface area contributed by atoms with E-state index in [1.807, 2.05) is 29.9 Å². The summed E-state index contributed by atoms with van der Waals surface area (Å²) in [6.07, 6.45) is 9.68. The first-order valence-electron chi connectivity index (χ1n) is 17.8. The third kappa shape index (κ3) is 7.94. The van der Waals surface area contributed by atoms with E-state index in [1.54, 1.807) is 24.2 Å². The minimum Gasteiger partial charge on any atom is -0.497 e. The molecule has 3 aromatic heterocycles. The summed E-state index contributed by atoms with van der Waals surface area (Å²) >= 11 is 0. The molecule has 0 spiro atoms. The Balaban J connectivity index is 1.23. The smallest absolute Gasteiger partial charge is 0.254 e. The number of carbonyl (C=O) groups excluding carboxylic acids is 1. The average Bonchev–Trinajstić information content (AvgIpc) is 3.73. The fraction of sp³-hybridized carbons (Fsp3) is 0.436. The summed E-state index contributed by atoms with van der Waals surface area (Å²) in [5.41, 5.74) is 5.66. The van der Waals surface area contributed by atoms with Crippen molar-refractivity contribution in [2.24, 2.45) is 0 Å². The molecule has 0 bridgehead atoms. The molecule has 2 N–H and O–H groups in total. The molecule has 3 heterocycles. The second-order valence-electron chi connectivity index (χ2n) is 14.9. The molecule has 2 aromatic carbocycles. The average molecular weight is 694 g/mol. The van der Waals surface area contributed by atoms with Gasteiger partial charge in [-0.15, -0.1) is 0 Å². The number of benzene rings is 2. The van der Waals surface area contributed by atoms with Crippen molar-refractivity contribution < 1.29 is 14.0 Å². The number of methoxy groups -OCH3 is 1. The highest BCUT2D eigenvalue weighted by Crippen LogP contribution is 2.40. The van der Waals surface area contributed by atoms with E-state index in [0.29, 0.717) is 30.8 Å². The van der Waals surface area contributed by atoms with Crippen molar-refractivity contribution in [3.63, 3.8) is 0 Å². The number of anilines is 1. The second-order valence-corrected chi connectivity index (χ2v) is 19.6. The molecule has 1 aliphatic carbocycles. The third-order valence-corrected chi connectivity index (χ3v) is 14.9. The Morgan fingerprint density at radius 1 is 0.980 bits per heavy atom. The highest BCUT2D eigenvalue weighted by molar-refractivity contribution is 6.74. The van der Waals surface area contributed by atoms with Crippen LogP contribution in [-0.4, -0.2) is 58.0 Å². The van der Waals surface area contributed by atoms with Crippen LogP contribution < -0.4 is 15.4 Å². The van der Waals surface area contributed by atoms with Crippen molar-refractivity contribution in [3.05, 3.63) is 89.9 Å². The van der Waals surface area contributed by atoms with Crippen molar-refractivity contribution in [1.29, 1.82) is 0 Å². The van der Waals surface area contributed by atoms with Gasteiger partial charge in [0.1, 0.15) is 5.75 Å². The Morgan fingerprint density at radius 3 is 2.32 bits per heavy atom. The number of aromatic nitrogens is 5. The van der Waals surface area contributed by atoms with Crippen LogP contribution in [0.25, 0.3) is 22.2 Å². The van der Waals surface area contributed by atoms with Crippen molar-refractivity contribution >= 4 is 31.1 Å². The van der Waals surface area contributed by atoms with E-state index in [0.717, 1.165) is 77.1 Å². The van der Waals surface area contributed by atoms with Gasteiger partial charge in [-0.25, -0.2) is 9.67 Å². The van der Waals surface area contributed by atoms with Gasteiger partial charge >= 0.3 is 0 Å². The number of carbonyl (C=O) groups is 1. The predicted octanol–water partition coefficient (Wildman–Crippen LogP) is 8.05. The zero-order chi connectivity index (χ0) is 35.5. The molecule has 0 aliphatic heterocycles. The van der Waals surface area contributed by atoms with E-state index < -0.39 is 8.32 Å². The van der Waals surface area contributed by atoms with E-state index in [-0.39, 0.29) is 10.9 Å². The number of amides is 1. The molecule has 11 heteroatoms. The lowest BCUT2D eigenvalue weighted by atomic mass is 9.93. The number of pyridine rings is 1. The van der Waals surface area contributed by atoms with Crippen LogP contribution in [0, 0.1) is 0 Å². The topological polar surface area (TPSA) is 108 Å². The van der Waals surface area contributed by atoms with Gasteiger partial charge in [0.05, 0.1) is 30.8 Å². The fourth-order valence-electron chi connectivity index (χ4n) is 6.31. The summed E-state index contributed by atoms with van der Waals surface area (Å²) in [5, 5.41) is 17.4. The van der Waals surface area contributed by atoms with E-state index in [4.69, 9.17) is 19.2 Å². The quantitative estimate of drug-likeness (QED) is 0.127. The summed E-state index contributed by atoms with van der Waals surface area (Å²) in [6, 6.07) is 18.8. The first-order valence-corrected chi connectivity index (χ1v) is 20.7. The first kappa shape index (κ1) is 35.3. The molecule has 264 valence electrons. The minimum absolute atomic E-state index is 0.134. The van der Waals surface area contributed by atoms with Crippen LogP contribution in [0.15, 0.2) is 73.2 Å². The van der Waals surface area contributed by atoms with E-state index in [1.165, 1.54) is 0 Å². The molecular weight excluding hydrogens is 643 g/mol. The molecule has 50 heavy (non-hydrogen) atoms. The van der Waals surface area contributed by atoms with E-state index in [2.05, 4.69) is 92.1 Å². The lowest BCUT2D eigenvalue weighted by Crippen LogP contribution is -2.45. The normalized spacial score (nSPS) is 16.8. The lowest BCUT2D eigenvalue weighted by molar-refractivity contribution is 0.0950. The molecule has 1 saturated carbocycles. The predicted molar refractivity (Wildman–Crippen MR) is 202 cm³/mol. The van der Waals surface area contributed by atoms with Gasteiger partial charge in [-0.05, 0) is 91.2 Å². The van der Waals surface area contributed by atoms with E-state index in [9.17, 15) is 4.79 Å². The van der Waals surface area contributed by atoms with Gasteiger partial charge in [-0.3, -0.25) is 9.48 Å². The van der Waals surface area contributed by atoms with E-state index >= 15 is 0 Å². The molecule has 10 nitrogen and oxygen atoms in total. The maximum atomic E-state index is 12.7. The largest absolute Gasteiger partial charge is 0.497 e. The number of ether oxygens (including phenoxy) is 1. The Hall–Kier alpha value is -4.48. The van der Waals surface area contributed by atoms with Crippen LogP contribution in [0.1, 0.15) is 74.9 Å². The number of nitrogens with one attached hydrogen (secondary N) is 2. The molecule has 0 unspecified atom stereocenters. The van der Waals surface area contributed by atoms with Crippen molar-refractivity contribution in [2.45, 2.75) is 103 Å². The number of nitrogens with zero attached hydrogens (tertiary/aromatic N) is 5. The summed E-state index contributed by atoms with van der Waals surface area (Å²) in [7, 11) is -0.138. The molecular formula is C39H51N7O3Si. The van der Waals surface area contributed by atoms with Gasteiger partial charge in [-0.1, -0.05) is 57.2 Å². The summed E-state index contributed by atoms with van der Waals surface area (Å²) < 4.78 is 15.9. The Bertz CT molecular complexity index is 1900. The Kier molecular flexibility index (Phi) is 10.5. The molecule has 0 saturated heterocycles. The Morgan fingerprint density at radius 2 is 1.68 bits per heavy atom. The summed E-state index contributed by atoms with van der Waals surface area (Å²) in [4.78, 5) is 17.5. The number of fused-ring (bicyclic) bond motifs is 1. The lowest BCUT2D eigenvalue weighted by Gasteiger charge is -2.41. The number of hydrogen-bond acceptors (Lipinski definition) is 7. The van der Waals surface area contributed by atoms with Crippen LogP contribution in [0.5, 0.6) is 5.75 Å². The SMILES string of the molecule is CCn1cc(C(=O)NCc2ccc(-c3ccnc4c3c(N[C@H]3CC[C@H](O[Si](C)(C)C(C)(C)C)CC3)nn4Cc3ccc(OC)cc3)cc2)cn1. The van der Waals surface area contributed by atoms with Gasteiger partial charge in [0.25, 0.3) is 5.91 Å². The van der Waals surface area contributed by atoms with Gasteiger partial charge in [-0.2, -0.15) is 10.2 Å².